The van der Waals surface area contributed by atoms with Crippen molar-refractivity contribution in [3.8, 4) is 0 Å². The average Bonchev–Trinajstić information content (AvgIpc) is 2.36. The molecule has 0 amide bonds. The lowest BCUT2D eigenvalue weighted by Gasteiger charge is -2.14. The van der Waals surface area contributed by atoms with Crippen LogP contribution in [0.15, 0.2) is 42.5 Å². The summed E-state index contributed by atoms with van der Waals surface area (Å²) >= 11 is 0. The molecule has 0 saturated heterocycles. The summed E-state index contributed by atoms with van der Waals surface area (Å²) in [7, 11) is 0. The topological polar surface area (TPSA) is 38.0 Å². The SMILES string of the molecule is Cc1ccccc1Nc1cccc(F)c1CCN. The van der Waals surface area contributed by atoms with E-state index < -0.39 is 0 Å². The smallest absolute Gasteiger partial charge is 0.128 e. The van der Waals surface area contributed by atoms with Gasteiger partial charge in [-0.2, -0.15) is 0 Å². The maximum atomic E-state index is 13.7. The molecule has 0 spiro atoms. The van der Waals surface area contributed by atoms with Crippen LogP contribution in [0.25, 0.3) is 0 Å². The van der Waals surface area contributed by atoms with Gasteiger partial charge < -0.3 is 11.1 Å². The quantitative estimate of drug-likeness (QED) is 0.865. The first-order valence-electron chi connectivity index (χ1n) is 6.02. The zero-order valence-electron chi connectivity index (χ0n) is 10.4. The van der Waals surface area contributed by atoms with E-state index in [-0.39, 0.29) is 5.82 Å². The molecule has 0 unspecified atom stereocenters. The van der Waals surface area contributed by atoms with E-state index in [0.717, 1.165) is 16.9 Å². The highest BCUT2D eigenvalue weighted by molar-refractivity contribution is 5.66. The number of nitrogens with two attached hydrogens (primary N) is 1. The third-order valence-corrected chi connectivity index (χ3v) is 2.93. The van der Waals surface area contributed by atoms with Gasteiger partial charge in [0.05, 0.1) is 0 Å². The van der Waals surface area contributed by atoms with Crippen molar-refractivity contribution in [2.24, 2.45) is 5.73 Å². The van der Waals surface area contributed by atoms with E-state index >= 15 is 0 Å². The van der Waals surface area contributed by atoms with Crippen LogP contribution < -0.4 is 11.1 Å². The van der Waals surface area contributed by atoms with E-state index in [4.69, 9.17) is 5.73 Å². The Morgan fingerprint density at radius 2 is 1.78 bits per heavy atom. The van der Waals surface area contributed by atoms with Crippen LogP contribution in [0.3, 0.4) is 0 Å². The molecular formula is C15H17FN2. The fourth-order valence-electron chi connectivity index (χ4n) is 1.93. The maximum absolute atomic E-state index is 13.7. The standard InChI is InChI=1S/C15H17FN2/c1-11-5-2-3-7-14(11)18-15-8-4-6-13(16)12(15)9-10-17/h2-8,18H,9-10,17H2,1H3. The first kappa shape index (κ1) is 12.6. The molecule has 18 heavy (non-hydrogen) atoms. The number of nitrogens with one attached hydrogen (secondary N) is 1. The normalized spacial score (nSPS) is 10.4. The van der Waals surface area contributed by atoms with E-state index in [2.05, 4.69) is 5.32 Å². The summed E-state index contributed by atoms with van der Waals surface area (Å²) in [6, 6.07) is 13.0. The fourth-order valence-corrected chi connectivity index (χ4v) is 1.93. The third-order valence-electron chi connectivity index (χ3n) is 2.93. The summed E-state index contributed by atoms with van der Waals surface area (Å²) in [5, 5.41) is 3.27. The van der Waals surface area contributed by atoms with Gasteiger partial charge in [-0.3, -0.25) is 0 Å². The lowest BCUT2D eigenvalue weighted by Crippen LogP contribution is -2.07. The Bertz CT molecular complexity index is 538. The summed E-state index contributed by atoms with van der Waals surface area (Å²) in [6.07, 6.45) is 0.529. The zero-order chi connectivity index (χ0) is 13.0. The molecule has 0 bridgehead atoms. The first-order chi connectivity index (χ1) is 8.72. The number of aryl methyl sites for hydroxylation is 1. The summed E-state index contributed by atoms with van der Waals surface area (Å²) < 4.78 is 13.7. The molecule has 2 nitrogen and oxygen atoms in total. The molecule has 0 fully saturated rings. The first-order valence-corrected chi connectivity index (χ1v) is 6.02. The summed E-state index contributed by atoms with van der Waals surface area (Å²) in [4.78, 5) is 0. The minimum Gasteiger partial charge on any atom is -0.355 e. The van der Waals surface area contributed by atoms with Crippen molar-refractivity contribution in [3.63, 3.8) is 0 Å². The van der Waals surface area contributed by atoms with Gasteiger partial charge in [-0.05, 0) is 43.7 Å². The Hall–Kier alpha value is -1.87. The predicted molar refractivity (Wildman–Crippen MR) is 73.6 cm³/mol. The van der Waals surface area contributed by atoms with E-state index in [1.165, 1.54) is 6.07 Å². The number of benzene rings is 2. The molecule has 0 radical (unpaired) electrons. The molecule has 2 rings (SSSR count). The van der Waals surface area contributed by atoms with Gasteiger partial charge in [0.2, 0.25) is 0 Å². The van der Waals surface area contributed by atoms with Gasteiger partial charge in [0.15, 0.2) is 0 Å². The van der Waals surface area contributed by atoms with Crippen molar-refractivity contribution < 1.29 is 4.39 Å². The van der Waals surface area contributed by atoms with Crippen LogP contribution in [0.4, 0.5) is 15.8 Å². The number of hydrogen-bond acceptors (Lipinski definition) is 2. The van der Waals surface area contributed by atoms with Crippen LogP contribution in [0.5, 0.6) is 0 Å². The minimum atomic E-state index is -0.209. The van der Waals surface area contributed by atoms with Crippen molar-refractivity contribution in [1.82, 2.24) is 0 Å². The predicted octanol–water partition coefficient (Wildman–Crippen LogP) is 3.38. The second-order valence-corrected chi connectivity index (χ2v) is 4.24. The largest absolute Gasteiger partial charge is 0.355 e. The van der Waals surface area contributed by atoms with Crippen molar-refractivity contribution in [2.45, 2.75) is 13.3 Å². The molecule has 0 heterocycles. The van der Waals surface area contributed by atoms with Gasteiger partial charge in [0.1, 0.15) is 5.82 Å². The molecule has 3 heteroatoms. The maximum Gasteiger partial charge on any atom is 0.128 e. The van der Waals surface area contributed by atoms with Gasteiger partial charge in [0, 0.05) is 16.9 Å². The van der Waals surface area contributed by atoms with Crippen LogP contribution in [0.1, 0.15) is 11.1 Å². The molecule has 2 aromatic rings. The highest BCUT2D eigenvalue weighted by Gasteiger charge is 2.08. The lowest BCUT2D eigenvalue weighted by molar-refractivity contribution is 0.610. The average molecular weight is 244 g/mol. The molecule has 2 aromatic carbocycles. The summed E-state index contributed by atoms with van der Waals surface area (Å²) in [5.74, 6) is -0.209. The van der Waals surface area contributed by atoms with Gasteiger partial charge in [-0.1, -0.05) is 24.3 Å². The Morgan fingerprint density at radius 1 is 1.06 bits per heavy atom. The molecule has 3 N–H and O–H groups in total. The lowest BCUT2D eigenvalue weighted by atomic mass is 10.1. The van der Waals surface area contributed by atoms with Crippen LogP contribution in [0, 0.1) is 12.7 Å². The van der Waals surface area contributed by atoms with E-state index in [0.29, 0.717) is 18.5 Å². The second-order valence-electron chi connectivity index (χ2n) is 4.24. The monoisotopic (exact) mass is 244 g/mol. The van der Waals surface area contributed by atoms with Gasteiger partial charge in [-0.15, -0.1) is 0 Å². The third kappa shape index (κ3) is 2.68. The van der Waals surface area contributed by atoms with Crippen LogP contribution >= 0.6 is 0 Å². The van der Waals surface area contributed by atoms with Crippen molar-refractivity contribution in [2.75, 3.05) is 11.9 Å². The van der Waals surface area contributed by atoms with Crippen LogP contribution in [0.2, 0.25) is 0 Å². The highest BCUT2D eigenvalue weighted by atomic mass is 19.1. The minimum absolute atomic E-state index is 0.209. The Labute approximate surface area is 107 Å². The van der Waals surface area contributed by atoms with Gasteiger partial charge in [-0.25, -0.2) is 4.39 Å². The van der Waals surface area contributed by atoms with E-state index in [1.807, 2.05) is 37.3 Å². The summed E-state index contributed by atoms with van der Waals surface area (Å²) in [5.41, 5.74) is 9.07. The van der Waals surface area contributed by atoms with Crippen LogP contribution in [-0.2, 0) is 6.42 Å². The number of anilines is 2. The Balaban J connectivity index is 2.34. The number of para-hydroxylation sites is 1. The van der Waals surface area contributed by atoms with Crippen molar-refractivity contribution in [3.05, 3.63) is 59.4 Å². The Morgan fingerprint density at radius 3 is 2.50 bits per heavy atom. The summed E-state index contributed by atoms with van der Waals surface area (Å²) in [6.45, 7) is 2.45. The van der Waals surface area contributed by atoms with E-state index in [1.54, 1.807) is 6.07 Å². The zero-order valence-corrected chi connectivity index (χ0v) is 10.4. The van der Waals surface area contributed by atoms with Gasteiger partial charge >= 0.3 is 0 Å². The molecule has 94 valence electrons. The number of rotatable bonds is 4. The molecule has 0 atom stereocenters. The van der Waals surface area contributed by atoms with Crippen molar-refractivity contribution in [1.29, 1.82) is 0 Å². The molecular weight excluding hydrogens is 227 g/mol. The molecule has 0 aliphatic carbocycles. The van der Waals surface area contributed by atoms with E-state index in [9.17, 15) is 4.39 Å². The highest BCUT2D eigenvalue weighted by Crippen LogP contribution is 2.25. The van der Waals surface area contributed by atoms with Crippen LogP contribution in [-0.4, -0.2) is 6.54 Å². The molecule has 0 aromatic heterocycles. The molecule has 0 aliphatic heterocycles. The van der Waals surface area contributed by atoms with Gasteiger partial charge in [0.25, 0.3) is 0 Å². The van der Waals surface area contributed by atoms with Crippen molar-refractivity contribution >= 4 is 11.4 Å². The Kier molecular flexibility index (Phi) is 3.95. The second kappa shape index (κ2) is 5.65. The number of hydrogen-bond donors (Lipinski definition) is 2. The number of halogens is 1. The molecule has 0 saturated carbocycles. The fraction of sp³-hybridized carbons (Fsp3) is 0.200. The molecule has 0 aliphatic rings.